The van der Waals surface area contributed by atoms with E-state index in [0.717, 1.165) is 45.9 Å². The minimum atomic E-state index is -0.0397. The quantitative estimate of drug-likeness (QED) is 0.596. The number of likely N-dealkylation sites (N-methyl/N-ethyl adjacent to an activating group) is 1. The lowest BCUT2D eigenvalue weighted by molar-refractivity contribution is -0.115. The topological polar surface area (TPSA) is 45.2 Å². The number of halogens is 1. The molecular formula is C21H20BrN3OS. The Hall–Kier alpha value is -2.18. The van der Waals surface area contributed by atoms with Gasteiger partial charge in [-0.05, 0) is 43.2 Å². The molecule has 1 aliphatic rings. The molecule has 4 nitrogen and oxygen atoms in total. The summed E-state index contributed by atoms with van der Waals surface area (Å²) in [6, 6.07) is 14.2. The predicted molar refractivity (Wildman–Crippen MR) is 116 cm³/mol. The first-order valence-electron chi connectivity index (χ1n) is 9.00. The Balaban J connectivity index is 1.43. The molecule has 0 bridgehead atoms. The van der Waals surface area contributed by atoms with Crippen molar-refractivity contribution in [3.05, 3.63) is 63.6 Å². The molecule has 0 saturated carbocycles. The molecule has 1 aromatic heterocycles. The molecule has 3 aromatic rings. The lowest BCUT2D eigenvalue weighted by Gasteiger charge is -2.17. The van der Waals surface area contributed by atoms with Gasteiger partial charge in [0.25, 0.3) is 0 Å². The highest BCUT2D eigenvalue weighted by molar-refractivity contribution is 9.10. The summed E-state index contributed by atoms with van der Waals surface area (Å²) in [7, 11) is 0. The van der Waals surface area contributed by atoms with Crippen molar-refractivity contribution in [3.63, 3.8) is 0 Å². The number of carbonyl (C=O) groups is 1. The lowest BCUT2D eigenvalue weighted by Crippen LogP contribution is -2.19. The van der Waals surface area contributed by atoms with Crippen molar-refractivity contribution < 1.29 is 4.79 Å². The minimum Gasteiger partial charge on any atom is -0.371 e. The predicted octanol–water partition coefficient (Wildman–Crippen LogP) is 5.14. The van der Waals surface area contributed by atoms with Gasteiger partial charge in [-0.3, -0.25) is 4.79 Å². The third kappa shape index (κ3) is 4.06. The van der Waals surface area contributed by atoms with Crippen LogP contribution in [0.3, 0.4) is 0 Å². The number of thiazole rings is 1. The zero-order valence-electron chi connectivity index (χ0n) is 15.0. The van der Waals surface area contributed by atoms with Crippen molar-refractivity contribution in [3.8, 4) is 10.6 Å². The van der Waals surface area contributed by atoms with E-state index < -0.39 is 0 Å². The maximum Gasteiger partial charge on any atom is 0.230 e. The van der Waals surface area contributed by atoms with E-state index in [4.69, 9.17) is 0 Å². The van der Waals surface area contributed by atoms with Gasteiger partial charge in [-0.15, -0.1) is 11.3 Å². The summed E-state index contributed by atoms with van der Waals surface area (Å²) >= 11 is 5.04. The molecule has 0 radical (unpaired) electrons. The number of carbonyl (C=O) groups excluding carboxylic acids is 1. The molecule has 1 N–H and O–H groups in total. The standard InChI is InChI=1S/C21H20BrN3OS/c1-2-25-9-8-14-6-7-17(11-19(14)25)23-20(26)12-18-13-27-21(24-18)15-4-3-5-16(22)10-15/h3-7,10-11,13H,2,8-9,12H2,1H3,(H,23,26). The van der Waals surface area contributed by atoms with Gasteiger partial charge in [0.1, 0.15) is 5.01 Å². The van der Waals surface area contributed by atoms with Gasteiger partial charge in [0.2, 0.25) is 5.91 Å². The van der Waals surface area contributed by atoms with Crippen molar-refractivity contribution in [1.29, 1.82) is 0 Å². The fraction of sp³-hybridized carbons (Fsp3) is 0.238. The molecule has 6 heteroatoms. The average molecular weight is 442 g/mol. The number of hydrogen-bond acceptors (Lipinski definition) is 4. The smallest absolute Gasteiger partial charge is 0.230 e. The molecular weight excluding hydrogens is 422 g/mol. The van der Waals surface area contributed by atoms with Crippen LogP contribution in [0.25, 0.3) is 10.6 Å². The van der Waals surface area contributed by atoms with Crippen molar-refractivity contribution in [2.45, 2.75) is 19.8 Å². The van der Waals surface area contributed by atoms with E-state index in [2.05, 4.69) is 50.2 Å². The fourth-order valence-corrected chi connectivity index (χ4v) is 4.58. The van der Waals surface area contributed by atoms with Gasteiger partial charge in [-0.1, -0.05) is 34.1 Å². The van der Waals surface area contributed by atoms with Gasteiger partial charge in [-0.2, -0.15) is 0 Å². The van der Waals surface area contributed by atoms with Gasteiger partial charge in [0.15, 0.2) is 0 Å². The number of hydrogen-bond donors (Lipinski definition) is 1. The van der Waals surface area contributed by atoms with Gasteiger partial charge in [-0.25, -0.2) is 4.98 Å². The minimum absolute atomic E-state index is 0.0397. The number of amides is 1. The molecule has 2 aromatic carbocycles. The Morgan fingerprint density at radius 1 is 1.30 bits per heavy atom. The SMILES string of the molecule is CCN1CCc2ccc(NC(=O)Cc3csc(-c4cccc(Br)c4)n3)cc21. The van der Waals surface area contributed by atoms with E-state index in [1.54, 1.807) is 11.3 Å². The van der Waals surface area contributed by atoms with Gasteiger partial charge in [0, 0.05) is 39.9 Å². The number of nitrogens with one attached hydrogen (secondary N) is 1. The Kier molecular flexibility index (Phi) is 5.27. The first-order valence-corrected chi connectivity index (χ1v) is 10.7. The first-order chi connectivity index (χ1) is 13.1. The monoisotopic (exact) mass is 441 g/mol. The fourth-order valence-electron chi connectivity index (χ4n) is 3.36. The van der Waals surface area contributed by atoms with E-state index >= 15 is 0 Å². The molecule has 27 heavy (non-hydrogen) atoms. The molecule has 2 heterocycles. The van der Waals surface area contributed by atoms with Crippen molar-refractivity contribution >= 4 is 44.5 Å². The Morgan fingerprint density at radius 2 is 2.19 bits per heavy atom. The molecule has 0 saturated heterocycles. The highest BCUT2D eigenvalue weighted by atomic mass is 79.9. The lowest BCUT2D eigenvalue weighted by atomic mass is 10.1. The maximum atomic E-state index is 12.5. The van der Waals surface area contributed by atoms with Gasteiger partial charge >= 0.3 is 0 Å². The molecule has 4 rings (SSSR count). The summed E-state index contributed by atoms with van der Waals surface area (Å²) in [4.78, 5) is 19.4. The Labute approximate surface area is 171 Å². The number of benzene rings is 2. The van der Waals surface area contributed by atoms with E-state index in [0.29, 0.717) is 0 Å². The molecule has 0 spiro atoms. The number of nitrogens with zero attached hydrogens (tertiary/aromatic N) is 2. The van der Waals surface area contributed by atoms with Crippen LogP contribution >= 0.6 is 27.3 Å². The van der Waals surface area contributed by atoms with Crippen LogP contribution in [0.2, 0.25) is 0 Å². The summed E-state index contributed by atoms with van der Waals surface area (Å²) in [5, 5.41) is 5.90. The second-order valence-corrected chi connectivity index (χ2v) is 8.33. The highest BCUT2D eigenvalue weighted by Crippen LogP contribution is 2.31. The van der Waals surface area contributed by atoms with E-state index in [1.165, 1.54) is 11.3 Å². The molecule has 0 atom stereocenters. The Morgan fingerprint density at radius 3 is 3.00 bits per heavy atom. The Bertz CT molecular complexity index is 985. The van der Waals surface area contributed by atoms with Crippen molar-refractivity contribution in [1.82, 2.24) is 4.98 Å². The van der Waals surface area contributed by atoms with Crippen molar-refractivity contribution in [2.75, 3.05) is 23.3 Å². The zero-order valence-corrected chi connectivity index (χ0v) is 17.4. The van der Waals surface area contributed by atoms with Crippen LogP contribution in [-0.2, 0) is 17.6 Å². The number of anilines is 2. The van der Waals surface area contributed by atoms with Crippen LogP contribution in [0.1, 0.15) is 18.2 Å². The van der Waals surface area contributed by atoms with Crippen LogP contribution in [0.15, 0.2) is 52.3 Å². The first kappa shape index (κ1) is 18.2. The van der Waals surface area contributed by atoms with Crippen molar-refractivity contribution in [2.24, 2.45) is 0 Å². The highest BCUT2D eigenvalue weighted by Gasteiger charge is 2.18. The molecule has 1 aliphatic heterocycles. The maximum absolute atomic E-state index is 12.5. The van der Waals surface area contributed by atoms with Crippen LogP contribution in [0.5, 0.6) is 0 Å². The number of rotatable bonds is 5. The second kappa shape index (κ2) is 7.82. The average Bonchev–Trinajstić information content (AvgIpc) is 3.28. The summed E-state index contributed by atoms with van der Waals surface area (Å²) in [6.45, 7) is 4.20. The van der Waals surface area contributed by atoms with Crippen LogP contribution < -0.4 is 10.2 Å². The summed E-state index contributed by atoms with van der Waals surface area (Å²) in [5.74, 6) is -0.0397. The van der Waals surface area contributed by atoms with Crippen LogP contribution in [0.4, 0.5) is 11.4 Å². The second-order valence-electron chi connectivity index (χ2n) is 6.55. The zero-order chi connectivity index (χ0) is 18.8. The van der Waals surface area contributed by atoms with Crippen LogP contribution in [-0.4, -0.2) is 24.0 Å². The van der Waals surface area contributed by atoms with E-state index in [1.807, 2.05) is 35.7 Å². The molecule has 0 fully saturated rings. The van der Waals surface area contributed by atoms with E-state index in [-0.39, 0.29) is 12.3 Å². The van der Waals surface area contributed by atoms with Gasteiger partial charge in [0.05, 0.1) is 12.1 Å². The molecule has 138 valence electrons. The third-order valence-electron chi connectivity index (χ3n) is 4.71. The van der Waals surface area contributed by atoms with Gasteiger partial charge < -0.3 is 10.2 Å². The number of aromatic nitrogens is 1. The molecule has 0 unspecified atom stereocenters. The largest absolute Gasteiger partial charge is 0.371 e. The molecule has 0 aliphatic carbocycles. The third-order valence-corrected chi connectivity index (χ3v) is 6.14. The molecule has 1 amide bonds. The number of fused-ring (bicyclic) bond motifs is 1. The van der Waals surface area contributed by atoms with Crippen LogP contribution in [0, 0.1) is 0 Å². The summed E-state index contributed by atoms with van der Waals surface area (Å²) < 4.78 is 1.02. The normalized spacial score (nSPS) is 12.9. The van der Waals surface area contributed by atoms with E-state index in [9.17, 15) is 4.79 Å². The summed E-state index contributed by atoms with van der Waals surface area (Å²) in [5.41, 5.74) is 5.29. The summed E-state index contributed by atoms with van der Waals surface area (Å²) in [6.07, 6.45) is 1.35.